The summed E-state index contributed by atoms with van der Waals surface area (Å²) in [6.45, 7) is 13.5. The zero-order valence-electron chi connectivity index (χ0n) is 17.8. The second-order valence-electron chi connectivity index (χ2n) is 8.91. The molecule has 1 unspecified atom stereocenters. The molecule has 0 bridgehead atoms. The van der Waals surface area contributed by atoms with Gasteiger partial charge >= 0.3 is 0 Å². The topological polar surface area (TPSA) is 53.3 Å². The van der Waals surface area contributed by atoms with Crippen LogP contribution < -0.4 is 4.90 Å². The number of hydrogen-bond donors (Lipinski definition) is 0. The van der Waals surface area contributed by atoms with Crippen LogP contribution in [0, 0.1) is 12.8 Å². The Morgan fingerprint density at radius 1 is 1.03 bits per heavy atom. The monoisotopic (exact) mass is 395 g/mol. The highest BCUT2D eigenvalue weighted by Gasteiger charge is 2.34. The van der Waals surface area contributed by atoms with Crippen molar-refractivity contribution in [2.75, 3.05) is 50.7 Å². The number of piperazine rings is 1. The summed E-state index contributed by atoms with van der Waals surface area (Å²) in [7, 11) is 0. The average molecular weight is 396 g/mol. The molecule has 5 rings (SSSR count). The first-order valence-corrected chi connectivity index (χ1v) is 11.3. The SMILES string of the molecule is CCN1CCN(C2CCN(c3nnc(-c4ncccc4C)n3CC3CC3)C2)CC1. The molecule has 1 atom stereocenters. The lowest BCUT2D eigenvalue weighted by atomic mass is 10.2. The lowest BCUT2D eigenvalue weighted by molar-refractivity contribution is 0.107. The quantitative estimate of drug-likeness (QED) is 0.748. The van der Waals surface area contributed by atoms with Crippen molar-refractivity contribution in [3.63, 3.8) is 0 Å². The molecule has 0 aromatic carbocycles. The van der Waals surface area contributed by atoms with Crippen LogP contribution in [-0.2, 0) is 6.54 Å². The maximum atomic E-state index is 4.67. The van der Waals surface area contributed by atoms with Gasteiger partial charge in [-0.25, -0.2) is 0 Å². The van der Waals surface area contributed by atoms with Crippen LogP contribution in [0.4, 0.5) is 5.95 Å². The summed E-state index contributed by atoms with van der Waals surface area (Å²) in [5, 5.41) is 9.29. The van der Waals surface area contributed by atoms with Crippen molar-refractivity contribution in [1.82, 2.24) is 29.5 Å². The fraction of sp³-hybridized carbons (Fsp3) is 0.682. The molecule has 0 N–H and O–H groups in total. The van der Waals surface area contributed by atoms with Crippen LogP contribution in [0.5, 0.6) is 0 Å². The first kappa shape index (κ1) is 19.0. The summed E-state index contributed by atoms with van der Waals surface area (Å²) < 4.78 is 2.35. The molecule has 1 saturated carbocycles. The molecular formula is C22H33N7. The Kier molecular flexibility index (Phi) is 5.26. The molecule has 2 aliphatic heterocycles. The maximum Gasteiger partial charge on any atom is 0.227 e. The average Bonchev–Trinajstić information content (AvgIpc) is 3.27. The number of pyridine rings is 1. The van der Waals surface area contributed by atoms with Gasteiger partial charge in [-0.2, -0.15) is 0 Å². The van der Waals surface area contributed by atoms with Crippen molar-refractivity contribution in [2.45, 2.75) is 45.7 Å². The number of aryl methyl sites for hydroxylation is 1. The smallest absolute Gasteiger partial charge is 0.227 e. The summed E-state index contributed by atoms with van der Waals surface area (Å²) >= 11 is 0. The minimum atomic E-state index is 0.639. The van der Waals surface area contributed by atoms with E-state index in [1.54, 1.807) is 0 Å². The van der Waals surface area contributed by atoms with Crippen LogP contribution in [0.1, 0.15) is 31.7 Å². The summed E-state index contributed by atoms with van der Waals surface area (Å²) in [5.74, 6) is 2.75. The predicted molar refractivity (Wildman–Crippen MR) is 115 cm³/mol. The molecule has 2 aromatic heterocycles. The number of likely N-dealkylation sites (N-methyl/N-ethyl adjacent to an activating group) is 1. The second kappa shape index (κ2) is 8.03. The third-order valence-corrected chi connectivity index (χ3v) is 6.91. The van der Waals surface area contributed by atoms with Gasteiger partial charge < -0.3 is 9.80 Å². The number of anilines is 1. The molecule has 1 aliphatic carbocycles. The molecule has 4 heterocycles. The van der Waals surface area contributed by atoms with Crippen LogP contribution in [0.2, 0.25) is 0 Å². The zero-order chi connectivity index (χ0) is 19.8. The predicted octanol–water partition coefficient (Wildman–Crippen LogP) is 2.27. The van der Waals surface area contributed by atoms with Gasteiger partial charge in [0.1, 0.15) is 5.69 Å². The molecule has 29 heavy (non-hydrogen) atoms. The van der Waals surface area contributed by atoms with E-state index in [4.69, 9.17) is 0 Å². The van der Waals surface area contributed by atoms with Crippen LogP contribution >= 0.6 is 0 Å². The number of rotatable bonds is 6. The lowest BCUT2D eigenvalue weighted by Gasteiger charge is -2.37. The molecule has 7 nitrogen and oxygen atoms in total. The summed E-state index contributed by atoms with van der Waals surface area (Å²) in [5.41, 5.74) is 2.13. The minimum Gasteiger partial charge on any atom is -0.339 e. The Bertz CT molecular complexity index is 835. The Labute approximate surface area is 173 Å². The van der Waals surface area contributed by atoms with E-state index in [1.165, 1.54) is 52.0 Å². The van der Waals surface area contributed by atoms with E-state index in [0.717, 1.165) is 48.6 Å². The van der Waals surface area contributed by atoms with Gasteiger partial charge in [-0.15, -0.1) is 10.2 Å². The fourth-order valence-corrected chi connectivity index (χ4v) is 4.82. The number of aromatic nitrogens is 4. The van der Waals surface area contributed by atoms with Crippen molar-refractivity contribution in [3.8, 4) is 11.5 Å². The van der Waals surface area contributed by atoms with Crippen molar-refractivity contribution < 1.29 is 0 Å². The van der Waals surface area contributed by atoms with Crippen molar-refractivity contribution in [3.05, 3.63) is 23.9 Å². The third kappa shape index (κ3) is 3.90. The molecular weight excluding hydrogens is 362 g/mol. The highest BCUT2D eigenvalue weighted by atomic mass is 15.4. The van der Waals surface area contributed by atoms with E-state index >= 15 is 0 Å². The molecule has 0 spiro atoms. The molecule has 7 heteroatoms. The molecule has 156 valence electrons. The highest BCUT2D eigenvalue weighted by molar-refractivity contribution is 5.57. The normalized spacial score (nSPS) is 23.8. The third-order valence-electron chi connectivity index (χ3n) is 6.91. The van der Waals surface area contributed by atoms with Crippen LogP contribution in [-0.4, -0.2) is 81.4 Å². The molecule has 0 radical (unpaired) electrons. The van der Waals surface area contributed by atoms with Crippen LogP contribution in [0.15, 0.2) is 18.3 Å². The van der Waals surface area contributed by atoms with E-state index in [1.807, 2.05) is 12.3 Å². The molecule has 3 fully saturated rings. The highest BCUT2D eigenvalue weighted by Crippen LogP contribution is 2.35. The van der Waals surface area contributed by atoms with Gasteiger partial charge in [-0.1, -0.05) is 13.0 Å². The van der Waals surface area contributed by atoms with Gasteiger partial charge in [0.2, 0.25) is 5.95 Å². The first-order chi connectivity index (χ1) is 14.2. The van der Waals surface area contributed by atoms with E-state index in [0.29, 0.717) is 6.04 Å². The van der Waals surface area contributed by atoms with Gasteiger partial charge in [0.25, 0.3) is 0 Å². The van der Waals surface area contributed by atoms with Crippen molar-refractivity contribution >= 4 is 5.95 Å². The Morgan fingerprint density at radius 3 is 2.59 bits per heavy atom. The second-order valence-corrected chi connectivity index (χ2v) is 8.91. The molecule has 3 aliphatic rings. The first-order valence-electron chi connectivity index (χ1n) is 11.3. The van der Waals surface area contributed by atoms with Gasteiger partial charge in [-0.3, -0.25) is 14.5 Å². The Balaban J connectivity index is 1.35. The number of nitrogens with zero attached hydrogens (tertiary/aromatic N) is 7. The molecule has 2 saturated heterocycles. The minimum absolute atomic E-state index is 0.639. The van der Waals surface area contributed by atoms with Gasteiger partial charge in [0.05, 0.1) is 0 Å². The van der Waals surface area contributed by atoms with Crippen LogP contribution in [0.25, 0.3) is 11.5 Å². The molecule has 0 amide bonds. The van der Waals surface area contributed by atoms with Crippen molar-refractivity contribution in [1.29, 1.82) is 0 Å². The summed E-state index contributed by atoms with van der Waals surface area (Å²) in [6.07, 6.45) is 5.73. The zero-order valence-corrected chi connectivity index (χ0v) is 17.8. The maximum absolute atomic E-state index is 4.67. The van der Waals surface area contributed by atoms with Gasteiger partial charge in [-0.05, 0) is 50.3 Å². The Hall–Kier alpha value is -1.99. The van der Waals surface area contributed by atoms with E-state index in [9.17, 15) is 0 Å². The van der Waals surface area contributed by atoms with Gasteiger partial charge in [0, 0.05) is 58.1 Å². The van der Waals surface area contributed by atoms with E-state index in [2.05, 4.69) is 54.4 Å². The lowest BCUT2D eigenvalue weighted by Crippen LogP contribution is -2.50. The summed E-state index contributed by atoms with van der Waals surface area (Å²) in [4.78, 5) is 12.3. The largest absolute Gasteiger partial charge is 0.339 e. The van der Waals surface area contributed by atoms with Crippen molar-refractivity contribution in [2.24, 2.45) is 5.92 Å². The standard InChI is InChI=1S/C22H33N7/c1-3-26-11-13-27(14-12-26)19-8-10-28(16-19)22-25-24-21(29(22)15-18-6-7-18)20-17(2)5-4-9-23-20/h4-5,9,18-19H,3,6-8,10-16H2,1-2H3. The van der Waals surface area contributed by atoms with Crippen LogP contribution in [0.3, 0.4) is 0 Å². The fourth-order valence-electron chi connectivity index (χ4n) is 4.82. The molecule has 2 aromatic rings. The Morgan fingerprint density at radius 2 is 1.86 bits per heavy atom. The van der Waals surface area contributed by atoms with Gasteiger partial charge in [0.15, 0.2) is 5.82 Å². The summed E-state index contributed by atoms with van der Waals surface area (Å²) in [6, 6.07) is 4.74. The number of hydrogen-bond acceptors (Lipinski definition) is 6. The van der Waals surface area contributed by atoms with E-state index < -0.39 is 0 Å². The van der Waals surface area contributed by atoms with E-state index in [-0.39, 0.29) is 0 Å².